The molecule has 41 heavy (non-hydrogen) atoms. The summed E-state index contributed by atoms with van der Waals surface area (Å²) in [7, 11) is 2.92. The Bertz CT molecular complexity index is 1720. The van der Waals surface area contributed by atoms with E-state index in [1.807, 2.05) is 18.2 Å². The van der Waals surface area contributed by atoms with Gasteiger partial charge in [-0.25, -0.2) is 0 Å². The highest BCUT2D eigenvalue weighted by Gasteiger charge is 2.68. The van der Waals surface area contributed by atoms with Crippen LogP contribution in [0, 0.1) is 11.8 Å². The molecule has 3 aromatic rings. The summed E-state index contributed by atoms with van der Waals surface area (Å²) in [6.07, 6.45) is -1.68. The first-order valence-electron chi connectivity index (χ1n) is 13.0. The Balaban J connectivity index is 1.63. The molecular weight excluding hydrogens is 532 g/mol. The number of hydrogen-bond acceptors (Lipinski definition) is 10. The van der Waals surface area contributed by atoms with Crippen LogP contribution < -0.4 is 5.73 Å². The SMILES string of the molecule is CC1c2c(-c3cc4ccccc4o3)ccc(O)c2C(O)=C2C(=O)C3(O)C(O)=C(C(N)=O)C(=O)C(N(C)C)C3C(O)C21. The van der Waals surface area contributed by atoms with E-state index in [9.17, 15) is 39.9 Å². The summed E-state index contributed by atoms with van der Waals surface area (Å²) in [5.74, 6) is -9.03. The molecule has 7 N–H and O–H groups in total. The average Bonchev–Trinajstić information content (AvgIpc) is 3.34. The highest BCUT2D eigenvalue weighted by molar-refractivity contribution is 6.24. The quantitative estimate of drug-likeness (QED) is 0.258. The number of Topliss-reactive ketones (excluding diaryl/α,β-unsaturated/α-hetero) is 2. The number of ketones is 2. The number of aromatic hydroxyl groups is 1. The van der Waals surface area contributed by atoms with Crippen LogP contribution in [0.25, 0.3) is 28.1 Å². The molecule has 2 aromatic carbocycles. The van der Waals surface area contributed by atoms with Crippen LogP contribution in [0.15, 0.2) is 63.8 Å². The number of amides is 1. The molecule has 0 bridgehead atoms. The molecule has 11 heteroatoms. The maximum absolute atomic E-state index is 14.1. The van der Waals surface area contributed by atoms with Gasteiger partial charge in [0.1, 0.15) is 34.2 Å². The van der Waals surface area contributed by atoms with Crippen LogP contribution in [0.3, 0.4) is 0 Å². The van der Waals surface area contributed by atoms with Crippen molar-refractivity contribution in [2.75, 3.05) is 14.1 Å². The highest BCUT2D eigenvalue weighted by atomic mass is 16.4. The van der Waals surface area contributed by atoms with E-state index in [0.29, 0.717) is 22.5 Å². The molecule has 0 saturated heterocycles. The van der Waals surface area contributed by atoms with Gasteiger partial charge < -0.3 is 35.7 Å². The monoisotopic (exact) mass is 560 g/mol. The third-order valence-corrected chi connectivity index (χ3v) is 8.80. The maximum atomic E-state index is 14.1. The van der Waals surface area contributed by atoms with Crippen LogP contribution in [0.5, 0.6) is 5.75 Å². The average molecular weight is 561 g/mol. The first-order valence-corrected chi connectivity index (χ1v) is 13.0. The second-order valence-corrected chi connectivity index (χ2v) is 11.1. The molecule has 1 aromatic heterocycles. The van der Waals surface area contributed by atoms with Crippen molar-refractivity contribution in [1.82, 2.24) is 4.90 Å². The zero-order valence-corrected chi connectivity index (χ0v) is 22.3. The Morgan fingerprint density at radius 1 is 1.07 bits per heavy atom. The number of fused-ring (bicyclic) bond motifs is 4. The van der Waals surface area contributed by atoms with Crippen LogP contribution in [-0.2, 0) is 14.4 Å². The summed E-state index contributed by atoms with van der Waals surface area (Å²) in [6, 6.07) is 10.6. The number of phenolic OH excluding ortho intramolecular Hbond substituents is 1. The van der Waals surface area contributed by atoms with Crippen LogP contribution in [0.4, 0.5) is 0 Å². The molecule has 1 fully saturated rings. The fraction of sp³-hybridized carbons (Fsp3) is 0.300. The molecule has 6 unspecified atom stereocenters. The summed E-state index contributed by atoms with van der Waals surface area (Å²) in [6.45, 7) is 1.68. The zero-order chi connectivity index (χ0) is 29.7. The van der Waals surface area contributed by atoms with Gasteiger partial charge in [-0.05, 0) is 49.8 Å². The number of aliphatic hydroxyl groups excluding tert-OH is 3. The molecule has 1 saturated carbocycles. The van der Waals surface area contributed by atoms with Crippen LogP contribution in [0.2, 0.25) is 0 Å². The lowest BCUT2D eigenvalue weighted by Gasteiger charge is -2.53. The van der Waals surface area contributed by atoms with E-state index in [2.05, 4.69) is 0 Å². The maximum Gasteiger partial charge on any atom is 0.255 e. The van der Waals surface area contributed by atoms with Crippen LogP contribution >= 0.6 is 0 Å². The van der Waals surface area contributed by atoms with E-state index < -0.39 is 75.6 Å². The molecule has 6 atom stereocenters. The molecule has 6 rings (SSSR count). The second-order valence-electron chi connectivity index (χ2n) is 11.1. The van der Waals surface area contributed by atoms with E-state index in [1.165, 1.54) is 25.1 Å². The van der Waals surface area contributed by atoms with Crippen molar-refractivity contribution in [2.24, 2.45) is 17.6 Å². The molecule has 11 nitrogen and oxygen atoms in total. The minimum atomic E-state index is -2.96. The van der Waals surface area contributed by atoms with Crippen molar-refractivity contribution >= 4 is 34.2 Å². The Morgan fingerprint density at radius 3 is 2.39 bits per heavy atom. The lowest BCUT2D eigenvalue weighted by Crippen LogP contribution is -2.70. The number of carbonyl (C=O) groups excluding carboxylic acids is 3. The van der Waals surface area contributed by atoms with Crippen LogP contribution in [0.1, 0.15) is 24.0 Å². The Labute approximate surface area is 233 Å². The smallest absolute Gasteiger partial charge is 0.255 e. The number of benzene rings is 2. The van der Waals surface area contributed by atoms with Gasteiger partial charge in [-0.2, -0.15) is 0 Å². The van der Waals surface area contributed by atoms with Crippen molar-refractivity contribution in [2.45, 2.75) is 30.6 Å². The van der Waals surface area contributed by atoms with Gasteiger partial charge in [-0.1, -0.05) is 25.1 Å². The number of furan rings is 1. The fourth-order valence-corrected chi connectivity index (χ4v) is 7.03. The third kappa shape index (κ3) is 3.33. The highest BCUT2D eigenvalue weighted by Crippen LogP contribution is 2.57. The zero-order valence-electron chi connectivity index (χ0n) is 22.3. The molecule has 3 aliphatic rings. The van der Waals surface area contributed by atoms with Gasteiger partial charge in [-0.3, -0.25) is 19.3 Å². The number of para-hydroxylation sites is 1. The minimum absolute atomic E-state index is 0.0982. The molecule has 1 heterocycles. The third-order valence-electron chi connectivity index (χ3n) is 8.80. The molecule has 0 radical (unpaired) electrons. The molecule has 212 valence electrons. The lowest BCUT2D eigenvalue weighted by atomic mass is 9.54. The summed E-state index contributed by atoms with van der Waals surface area (Å²) in [4.78, 5) is 40.9. The Hall–Kier alpha value is -4.45. The van der Waals surface area contributed by atoms with Crippen molar-refractivity contribution in [1.29, 1.82) is 0 Å². The van der Waals surface area contributed by atoms with E-state index in [0.717, 1.165) is 5.39 Å². The number of hydrogen-bond donors (Lipinski definition) is 6. The van der Waals surface area contributed by atoms with E-state index in [1.54, 1.807) is 25.1 Å². The Kier molecular flexibility index (Phi) is 5.73. The summed E-state index contributed by atoms with van der Waals surface area (Å²) in [5, 5.41) is 57.9. The number of primary amides is 1. The number of nitrogens with zero attached hydrogens (tertiary/aromatic N) is 1. The van der Waals surface area contributed by atoms with Gasteiger partial charge in [0.15, 0.2) is 11.4 Å². The number of nitrogens with two attached hydrogens (primary N) is 1. The Morgan fingerprint density at radius 2 is 1.76 bits per heavy atom. The fourth-order valence-electron chi connectivity index (χ4n) is 7.03. The predicted molar refractivity (Wildman–Crippen MR) is 146 cm³/mol. The van der Waals surface area contributed by atoms with Gasteiger partial charge in [0.25, 0.3) is 5.91 Å². The molecular formula is C30H28N2O9. The van der Waals surface area contributed by atoms with Crippen molar-refractivity contribution in [3.8, 4) is 17.1 Å². The number of aliphatic hydroxyl groups is 4. The first kappa shape index (κ1) is 26.8. The van der Waals surface area contributed by atoms with E-state index >= 15 is 0 Å². The molecule has 0 spiro atoms. The molecule has 3 aliphatic carbocycles. The largest absolute Gasteiger partial charge is 0.508 e. The lowest BCUT2D eigenvalue weighted by molar-refractivity contribution is -0.169. The number of rotatable bonds is 3. The van der Waals surface area contributed by atoms with Gasteiger partial charge in [0, 0.05) is 22.4 Å². The van der Waals surface area contributed by atoms with E-state index in [-0.39, 0.29) is 11.3 Å². The summed E-state index contributed by atoms with van der Waals surface area (Å²) in [5.41, 5.74) is 2.37. The van der Waals surface area contributed by atoms with Gasteiger partial charge in [-0.15, -0.1) is 0 Å². The first-order chi connectivity index (χ1) is 19.3. The van der Waals surface area contributed by atoms with Gasteiger partial charge in [0.05, 0.1) is 23.6 Å². The van der Waals surface area contributed by atoms with Crippen LogP contribution in [-0.4, -0.2) is 79.7 Å². The minimum Gasteiger partial charge on any atom is -0.508 e. The molecule has 0 aliphatic heterocycles. The number of phenols is 1. The predicted octanol–water partition coefficient (Wildman–Crippen LogP) is 1.91. The van der Waals surface area contributed by atoms with Gasteiger partial charge >= 0.3 is 0 Å². The number of carbonyl (C=O) groups is 3. The summed E-state index contributed by atoms with van der Waals surface area (Å²) >= 11 is 0. The normalized spacial score (nSPS) is 29.6. The van der Waals surface area contributed by atoms with E-state index in [4.69, 9.17) is 10.2 Å². The topological polar surface area (TPSA) is 195 Å². The summed E-state index contributed by atoms with van der Waals surface area (Å²) < 4.78 is 6.06. The second kappa shape index (κ2) is 8.77. The van der Waals surface area contributed by atoms with Crippen molar-refractivity contribution in [3.63, 3.8) is 0 Å². The van der Waals surface area contributed by atoms with Crippen molar-refractivity contribution < 1.29 is 44.3 Å². The van der Waals surface area contributed by atoms with Gasteiger partial charge in [0.2, 0.25) is 5.78 Å². The number of likely N-dealkylation sites (N-methyl/N-ethyl adjacent to an activating group) is 1. The molecule has 1 amide bonds. The van der Waals surface area contributed by atoms with Crippen molar-refractivity contribution in [3.05, 3.63) is 70.5 Å². The standard InChI is InChI=1S/C30H28N2O9/c1-11-17-13(16-10-12-6-4-5-7-15(12)41-16)8-9-14(33)19(17)24(34)20-18(11)25(35)22-23(32(2)3)26(36)21(29(31)39)28(38)30(22,40)27(20)37/h4-11,18,22-23,25,33-35,38,40H,1-3H3,(H2,31,39).